The van der Waals surface area contributed by atoms with Gasteiger partial charge in [-0.05, 0) is 26.3 Å². The minimum atomic E-state index is -0.198. The van der Waals surface area contributed by atoms with Crippen LogP contribution in [0.15, 0.2) is 35.5 Å². The lowest BCUT2D eigenvalue weighted by molar-refractivity contribution is -0.129. The van der Waals surface area contributed by atoms with Crippen molar-refractivity contribution in [1.29, 1.82) is 0 Å². The second-order valence-electron chi connectivity index (χ2n) is 6.15. The van der Waals surface area contributed by atoms with E-state index < -0.39 is 0 Å². The normalized spacial score (nSPS) is 12.2. The molecule has 0 aliphatic heterocycles. The van der Waals surface area contributed by atoms with Crippen molar-refractivity contribution in [3.8, 4) is 0 Å². The number of hydrogen-bond donors (Lipinski definition) is 0. The maximum atomic E-state index is 12.7. The Morgan fingerprint density at radius 1 is 1.32 bits per heavy atom. The van der Waals surface area contributed by atoms with Crippen molar-refractivity contribution in [3.63, 3.8) is 0 Å². The van der Waals surface area contributed by atoms with Gasteiger partial charge >= 0.3 is 0 Å². The van der Waals surface area contributed by atoms with E-state index in [2.05, 4.69) is 16.5 Å². The van der Waals surface area contributed by atoms with Crippen LogP contribution < -0.4 is 0 Å². The van der Waals surface area contributed by atoms with E-state index >= 15 is 0 Å². The summed E-state index contributed by atoms with van der Waals surface area (Å²) in [5, 5.41) is 0.678. The zero-order chi connectivity index (χ0) is 18.4. The first-order chi connectivity index (χ1) is 11.9. The highest BCUT2D eigenvalue weighted by Gasteiger charge is 2.22. The molecule has 0 saturated carbocycles. The lowest BCUT2D eigenvalue weighted by Gasteiger charge is -2.21. The number of carbonyl (C=O) groups excluding carboxylic acids is 1. The van der Waals surface area contributed by atoms with Crippen LogP contribution in [0.5, 0.6) is 0 Å². The van der Waals surface area contributed by atoms with E-state index in [9.17, 15) is 4.79 Å². The van der Waals surface area contributed by atoms with Crippen molar-refractivity contribution in [2.24, 2.45) is 0 Å². The molecule has 0 spiro atoms. The average Bonchev–Trinajstić information content (AvgIpc) is 2.86. The molecule has 0 fully saturated rings. The van der Waals surface area contributed by atoms with Crippen LogP contribution in [0.2, 0.25) is 0 Å². The number of aromatic nitrogens is 2. The molecular formula is C19H27N3O2S. The second-order valence-corrected chi connectivity index (χ2v) is 7.46. The first-order valence-corrected chi connectivity index (χ1v) is 9.30. The summed E-state index contributed by atoms with van der Waals surface area (Å²) in [6.07, 6.45) is 0. The quantitative estimate of drug-likeness (QED) is 0.677. The van der Waals surface area contributed by atoms with Crippen molar-refractivity contribution < 1.29 is 9.53 Å². The fourth-order valence-corrected chi connectivity index (χ4v) is 3.76. The molecule has 0 bridgehead atoms. The third kappa shape index (κ3) is 5.09. The molecule has 0 aliphatic rings. The Morgan fingerprint density at radius 3 is 2.64 bits per heavy atom. The Hall–Kier alpha value is -1.79. The van der Waals surface area contributed by atoms with E-state index in [0.717, 1.165) is 28.7 Å². The number of benzene rings is 1. The van der Waals surface area contributed by atoms with E-state index in [1.165, 1.54) is 11.8 Å². The Bertz CT molecular complexity index is 700. The lowest BCUT2D eigenvalue weighted by atomic mass is 10.2. The van der Waals surface area contributed by atoms with Gasteiger partial charge in [0.2, 0.25) is 5.91 Å². The molecule has 1 atom stereocenters. The third-order valence-corrected chi connectivity index (χ3v) is 5.29. The number of thioether (sulfide) groups is 1. The van der Waals surface area contributed by atoms with Crippen LogP contribution in [0.1, 0.15) is 23.9 Å². The molecule has 0 saturated heterocycles. The van der Waals surface area contributed by atoms with Crippen LogP contribution in [0.3, 0.4) is 0 Å². The summed E-state index contributed by atoms with van der Waals surface area (Å²) in [5.74, 6) is 0.102. The Labute approximate surface area is 154 Å². The summed E-state index contributed by atoms with van der Waals surface area (Å²) in [6, 6.07) is 10.0. The highest BCUT2D eigenvalue weighted by atomic mass is 32.2. The van der Waals surface area contributed by atoms with E-state index in [-0.39, 0.29) is 11.2 Å². The Balaban J connectivity index is 2.04. The van der Waals surface area contributed by atoms with Gasteiger partial charge in [-0.2, -0.15) is 0 Å². The fraction of sp³-hybridized carbons (Fsp3) is 0.474. The number of aryl methyl sites for hydroxylation is 1. The van der Waals surface area contributed by atoms with Gasteiger partial charge in [-0.1, -0.05) is 42.1 Å². The average molecular weight is 362 g/mol. The molecule has 2 rings (SSSR count). The van der Waals surface area contributed by atoms with Crippen molar-refractivity contribution in [1.82, 2.24) is 14.5 Å². The monoisotopic (exact) mass is 361 g/mol. The van der Waals surface area contributed by atoms with Crippen LogP contribution in [0.25, 0.3) is 0 Å². The Kier molecular flexibility index (Phi) is 7.08. The van der Waals surface area contributed by atoms with Crippen molar-refractivity contribution >= 4 is 17.7 Å². The van der Waals surface area contributed by atoms with Gasteiger partial charge in [0.15, 0.2) is 5.16 Å². The number of hydrogen-bond acceptors (Lipinski definition) is 4. The number of imidazole rings is 1. The molecule has 0 aliphatic carbocycles. The number of ether oxygens (including phenoxy) is 1. The number of methoxy groups -OCH3 is 1. The number of amides is 1. The van der Waals surface area contributed by atoms with Crippen molar-refractivity contribution in [3.05, 3.63) is 47.3 Å². The first-order valence-electron chi connectivity index (χ1n) is 8.42. The molecule has 136 valence electrons. The smallest absolute Gasteiger partial charge is 0.235 e. The third-order valence-electron chi connectivity index (χ3n) is 4.21. The number of nitrogens with zero attached hydrogens (tertiary/aromatic N) is 3. The summed E-state index contributed by atoms with van der Waals surface area (Å²) in [6.45, 7) is 7.97. The Morgan fingerprint density at radius 2 is 2.00 bits per heavy atom. The first kappa shape index (κ1) is 19.5. The van der Waals surface area contributed by atoms with E-state index in [1.807, 2.05) is 51.2 Å². The van der Waals surface area contributed by atoms with Gasteiger partial charge < -0.3 is 14.2 Å². The second kappa shape index (κ2) is 9.06. The van der Waals surface area contributed by atoms with Gasteiger partial charge in [0.1, 0.15) is 0 Å². The molecule has 2 aromatic rings. The van der Waals surface area contributed by atoms with E-state index in [0.29, 0.717) is 13.2 Å². The zero-order valence-electron chi connectivity index (χ0n) is 15.7. The summed E-state index contributed by atoms with van der Waals surface area (Å²) >= 11 is 1.51. The predicted molar refractivity (Wildman–Crippen MR) is 102 cm³/mol. The van der Waals surface area contributed by atoms with Crippen molar-refractivity contribution in [2.75, 3.05) is 20.8 Å². The minimum absolute atomic E-state index is 0.102. The van der Waals surface area contributed by atoms with E-state index in [4.69, 9.17) is 4.74 Å². The van der Waals surface area contributed by atoms with Crippen LogP contribution in [0.4, 0.5) is 0 Å². The topological polar surface area (TPSA) is 47.4 Å². The van der Waals surface area contributed by atoms with Crippen LogP contribution in [0, 0.1) is 13.8 Å². The minimum Gasteiger partial charge on any atom is -0.383 e. The SMILES string of the molecule is COCCn1c(SC(C)C(=O)N(C)Cc2ccccc2)nc(C)c1C. The maximum Gasteiger partial charge on any atom is 0.235 e. The lowest BCUT2D eigenvalue weighted by Crippen LogP contribution is -2.33. The standard InChI is InChI=1S/C19H27N3O2S/c1-14-15(2)22(11-12-24-5)19(20-14)25-16(3)18(23)21(4)13-17-9-7-6-8-10-17/h6-10,16H,11-13H2,1-5H3. The van der Waals surface area contributed by atoms with Gasteiger partial charge in [0, 0.05) is 32.9 Å². The maximum absolute atomic E-state index is 12.7. The molecule has 25 heavy (non-hydrogen) atoms. The molecule has 1 aromatic carbocycles. The van der Waals surface area contributed by atoms with Gasteiger partial charge in [-0.15, -0.1) is 0 Å². The molecule has 1 unspecified atom stereocenters. The summed E-state index contributed by atoms with van der Waals surface area (Å²) in [7, 11) is 3.54. The van der Waals surface area contributed by atoms with E-state index in [1.54, 1.807) is 12.0 Å². The van der Waals surface area contributed by atoms with Crippen LogP contribution in [-0.4, -0.2) is 46.4 Å². The predicted octanol–water partition coefficient (Wildman–Crippen LogP) is 3.29. The van der Waals surface area contributed by atoms with Crippen LogP contribution in [-0.2, 0) is 22.6 Å². The van der Waals surface area contributed by atoms with Gasteiger partial charge in [-0.25, -0.2) is 4.98 Å². The van der Waals surface area contributed by atoms with Crippen LogP contribution >= 0.6 is 11.8 Å². The fourth-order valence-electron chi connectivity index (χ4n) is 2.61. The summed E-state index contributed by atoms with van der Waals surface area (Å²) in [5.41, 5.74) is 3.25. The summed E-state index contributed by atoms with van der Waals surface area (Å²) in [4.78, 5) is 19.1. The highest BCUT2D eigenvalue weighted by molar-refractivity contribution is 8.00. The molecule has 6 heteroatoms. The van der Waals surface area contributed by atoms with Gasteiger partial charge in [-0.3, -0.25) is 4.79 Å². The molecular weight excluding hydrogens is 334 g/mol. The number of rotatable bonds is 8. The molecule has 5 nitrogen and oxygen atoms in total. The largest absolute Gasteiger partial charge is 0.383 e. The summed E-state index contributed by atoms with van der Waals surface area (Å²) < 4.78 is 7.32. The molecule has 0 N–H and O–H groups in total. The number of carbonyl (C=O) groups is 1. The molecule has 0 radical (unpaired) electrons. The van der Waals surface area contributed by atoms with Crippen molar-refractivity contribution in [2.45, 2.75) is 44.3 Å². The zero-order valence-corrected chi connectivity index (χ0v) is 16.5. The highest BCUT2D eigenvalue weighted by Crippen LogP contribution is 2.26. The molecule has 1 amide bonds. The molecule has 1 heterocycles. The molecule has 1 aromatic heterocycles. The van der Waals surface area contributed by atoms with Gasteiger partial charge in [0.05, 0.1) is 17.6 Å². The van der Waals surface area contributed by atoms with Gasteiger partial charge in [0.25, 0.3) is 0 Å².